The Kier molecular flexibility index (Phi) is 8.55. The molecule has 0 fully saturated rings. The molecule has 0 saturated carbocycles. The average Bonchev–Trinajstić information content (AvgIpc) is 3.62. The van der Waals surface area contributed by atoms with Crippen molar-refractivity contribution in [3.05, 3.63) is 231 Å². The first-order chi connectivity index (χ1) is 27.8. The quantitative estimate of drug-likeness (QED) is 0.152. The number of para-hydroxylation sites is 2. The number of hydrogen-bond donors (Lipinski definition) is 0. The molecule has 0 bridgehead atoms. The molecule has 2 nitrogen and oxygen atoms in total. The van der Waals surface area contributed by atoms with Crippen molar-refractivity contribution in [2.75, 3.05) is 4.90 Å². The van der Waals surface area contributed by atoms with Gasteiger partial charge in [0.25, 0.3) is 0 Å². The average molecular weight is 715 g/mol. The molecule has 0 amide bonds. The molecule has 264 valence electrons. The Labute approximate surface area is 327 Å². The van der Waals surface area contributed by atoms with Crippen molar-refractivity contribution in [1.29, 1.82) is 0 Å². The van der Waals surface area contributed by atoms with Crippen LogP contribution in [-0.4, -0.2) is 4.57 Å². The molecule has 2 heteroatoms. The van der Waals surface area contributed by atoms with E-state index < -0.39 is 0 Å². The van der Waals surface area contributed by atoms with Gasteiger partial charge in [-0.3, -0.25) is 0 Å². The van der Waals surface area contributed by atoms with Crippen LogP contribution in [0.4, 0.5) is 17.1 Å². The van der Waals surface area contributed by atoms with Gasteiger partial charge in [0.1, 0.15) is 0 Å². The predicted octanol–water partition coefficient (Wildman–Crippen LogP) is 14.9. The maximum atomic E-state index is 2.42. The van der Waals surface area contributed by atoms with Crippen LogP contribution in [0.1, 0.15) is 0 Å². The summed E-state index contributed by atoms with van der Waals surface area (Å²) in [7, 11) is 0. The maximum absolute atomic E-state index is 2.42. The fourth-order valence-electron chi connectivity index (χ4n) is 8.20. The third kappa shape index (κ3) is 6.04. The third-order valence-electron chi connectivity index (χ3n) is 10.8. The molecule has 10 rings (SSSR count). The summed E-state index contributed by atoms with van der Waals surface area (Å²) in [5.41, 5.74) is 16.3. The first-order valence-corrected chi connectivity index (χ1v) is 19.2. The number of aromatic nitrogens is 1. The van der Waals surface area contributed by atoms with Gasteiger partial charge in [0, 0.05) is 33.4 Å². The minimum Gasteiger partial charge on any atom is -0.310 e. The molecular weight excluding hydrogens is 677 g/mol. The van der Waals surface area contributed by atoms with E-state index in [0.717, 1.165) is 28.3 Å². The number of nitrogens with zero attached hydrogens (tertiary/aromatic N) is 2. The van der Waals surface area contributed by atoms with E-state index in [9.17, 15) is 0 Å². The van der Waals surface area contributed by atoms with Crippen molar-refractivity contribution in [3.8, 4) is 50.2 Å². The lowest BCUT2D eigenvalue weighted by Crippen LogP contribution is -2.12. The Morgan fingerprint density at radius 2 is 0.804 bits per heavy atom. The minimum atomic E-state index is 1.08. The minimum absolute atomic E-state index is 1.08. The van der Waals surface area contributed by atoms with E-state index in [1.165, 1.54) is 60.8 Å². The van der Waals surface area contributed by atoms with E-state index in [0.29, 0.717) is 0 Å². The van der Waals surface area contributed by atoms with Gasteiger partial charge in [-0.15, -0.1) is 0 Å². The van der Waals surface area contributed by atoms with E-state index in [4.69, 9.17) is 0 Å². The van der Waals surface area contributed by atoms with Gasteiger partial charge in [0.15, 0.2) is 0 Å². The summed E-state index contributed by atoms with van der Waals surface area (Å²) in [6.07, 6.45) is 0. The Hall–Kier alpha value is -7.42. The van der Waals surface area contributed by atoms with E-state index >= 15 is 0 Å². The maximum Gasteiger partial charge on any atom is 0.0546 e. The van der Waals surface area contributed by atoms with Gasteiger partial charge in [-0.05, 0) is 93.5 Å². The van der Waals surface area contributed by atoms with Gasteiger partial charge in [-0.2, -0.15) is 0 Å². The summed E-state index contributed by atoms with van der Waals surface area (Å²) in [6.45, 7) is 0. The lowest BCUT2D eigenvalue weighted by atomic mass is 9.92. The molecule has 56 heavy (non-hydrogen) atoms. The van der Waals surface area contributed by atoms with Crippen molar-refractivity contribution in [2.45, 2.75) is 0 Å². The van der Waals surface area contributed by atoms with Gasteiger partial charge in [0.2, 0.25) is 0 Å². The Bertz CT molecular complexity index is 2890. The monoisotopic (exact) mass is 714 g/mol. The summed E-state index contributed by atoms with van der Waals surface area (Å²) >= 11 is 0. The Morgan fingerprint density at radius 1 is 0.304 bits per heavy atom. The van der Waals surface area contributed by atoms with Crippen LogP contribution in [-0.2, 0) is 0 Å². The molecule has 10 aromatic rings. The summed E-state index contributed by atoms with van der Waals surface area (Å²) in [4.78, 5) is 2.42. The lowest BCUT2D eigenvalue weighted by Gasteiger charge is -2.30. The van der Waals surface area contributed by atoms with Crippen molar-refractivity contribution < 1.29 is 0 Å². The van der Waals surface area contributed by atoms with Crippen molar-refractivity contribution in [1.82, 2.24) is 4.57 Å². The molecule has 0 saturated heterocycles. The molecule has 9 aromatic carbocycles. The van der Waals surface area contributed by atoms with Crippen LogP contribution in [0, 0.1) is 0 Å². The standard InChI is InChI=1S/C54H38N2/c1-4-17-39(18-5-1)43-23-14-25-46(37-43)55(53-32-16-29-48(41-19-6-2-7-20-41)54(53)42-21-8-3-9-22-42)45-35-33-40(34-36-45)44-24-15-26-47(38-44)56-51-30-12-10-27-49(51)50-28-11-13-31-52(50)56/h1-38H. The summed E-state index contributed by atoms with van der Waals surface area (Å²) < 4.78 is 2.38. The van der Waals surface area contributed by atoms with Gasteiger partial charge in [-0.25, -0.2) is 0 Å². The molecule has 1 heterocycles. The van der Waals surface area contributed by atoms with Crippen LogP contribution in [0.15, 0.2) is 231 Å². The molecular formula is C54H38N2. The summed E-state index contributed by atoms with van der Waals surface area (Å²) in [6, 6.07) is 83.1. The van der Waals surface area contributed by atoms with E-state index in [1.807, 2.05) is 0 Å². The SMILES string of the molecule is c1ccc(-c2cccc(N(c3ccc(-c4cccc(-n5c6ccccc6c6ccccc65)c4)cc3)c3cccc(-c4ccccc4)c3-c3ccccc3)c2)cc1. The van der Waals surface area contributed by atoms with Crippen LogP contribution < -0.4 is 4.90 Å². The molecule has 0 atom stereocenters. The lowest BCUT2D eigenvalue weighted by molar-refractivity contribution is 1.18. The molecule has 0 unspecified atom stereocenters. The van der Waals surface area contributed by atoms with Crippen LogP contribution in [0.5, 0.6) is 0 Å². The number of fused-ring (bicyclic) bond motifs is 3. The highest BCUT2D eigenvalue weighted by Gasteiger charge is 2.21. The van der Waals surface area contributed by atoms with Crippen molar-refractivity contribution >= 4 is 38.9 Å². The van der Waals surface area contributed by atoms with Crippen LogP contribution in [0.2, 0.25) is 0 Å². The molecule has 0 radical (unpaired) electrons. The first kappa shape index (κ1) is 33.2. The number of anilines is 3. The Morgan fingerprint density at radius 3 is 1.46 bits per heavy atom. The Balaban J connectivity index is 1.13. The fraction of sp³-hybridized carbons (Fsp3) is 0. The zero-order valence-corrected chi connectivity index (χ0v) is 30.8. The molecule has 1 aromatic heterocycles. The van der Waals surface area contributed by atoms with E-state index in [2.05, 4.69) is 240 Å². The van der Waals surface area contributed by atoms with Crippen molar-refractivity contribution in [3.63, 3.8) is 0 Å². The van der Waals surface area contributed by atoms with Gasteiger partial charge < -0.3 is 9.47 Å². The van der Waals surface area contributed by atoms with E-state index in [-0.39, 0.29) is 0 Å². The molecule has 0 aliphatic rings. The molecule has 0 N–H and O–H groups in total. The molecule has 0 aliphatic carbocycles. The van der Waals surface area contributed by atoms with Crippen LogP contribution in [0.3, 0.4) is 0 Å². The zero-order valence-electron chi connectivity index (χ0n) is 30.8. The summed E-state index contributed by atoms with van der Waals surface area (Å²) in [5.74, 6) is 0. The first-order valence-electron chi connectivity index (χ1n) is 19.2. The molecule has 0 aliphatic heterocycles. The fourth-order valence-corrected chi connectivity index (χ4v) is 8.20. The third-order valence-corrected chi connectivity index (χ3v) is 10.8. The highest BCUT2D eigenvalue weighted by Crippen LogP contribution is 2.46. The number of benzene rings is 9. The van der Waals surface area contributed by atoms with E-state index in [1.54, 1.807) is 0 Å². The van der Waals surface area contributed by atoms with Crippen LogP contribution >= 0.6 is 0 Å². The smallest absolute Gasteiger partial charge is 0.0546 e. The highest BCUT2D eigenvalue weighted by atomic mass is 15.1. The second-order valence-corrected chi connectivity index (χ2v) is 14.2. The number of rotatable bonds is 8. The van der Waals surface area contributed by atoms with Crippen molar-refractivity contribution in [2.24, 2.45) is 0 Å². The van der Waals surface area contributed by atoms with Crippen LogP contribution in [0.25, 0.3) is 72.0 Å². The van der Waals surface area contributed by atoms with Gasteiger partial charge >= 0.3 is 0 Å². The van der Waals surface area contributed by atoms with Gasteiger partial charge in [0.05, 0.1) is 16.7 Å². The normalized spacial score (nSPS) is 11.2. The largest absolute Gasteiger partial charge is 0.310 e. The second kappa shape index (κ2) is 14.4. The molecule has 0 spiro atoms. The summed E-state index contributed by atoms with van der Waals surface area (Å²) in [5, 5.41) is 2.53. The van der Waals surface area contributed by atoms with Gasteiger partial charge in [-0.1, -0.05) is 176 Å². The predicted molar refractivity (Wildman–Crippen MR) is 237 cm³/mol. The highest BCUT2D eigenvalue weighted by molar-refractivity contribution is 6.09. The zero-order chi connectivity index (χ0) is 37.3. The number of hydrogen-bond acceptors (Lipinski definition) is 1. The topological polar surface area (TPSA) is 8.17 Å². The second-order valence-electron chi connectivity index (χ2n) is 14.2.